The van der Waals surface area contributed by atoms with Crippen LogP contribution in [-0.4, -0.2) is 17.6 Å². The predicted molar refractivity (Wildman–Crippen MR) is 60.1 cm³/mol. The van der Waals surface area contributed by atoms with Gasteiger partial charge in [-0.1, -0.05) is 0 Å². The molecule has 0 aliphatic rings. The SMILES string of the molecule is CCOC(=O)C(F)c1c(Br)cncc1Br. The molecule has 1 aromatic heterocycles. The molecule has 1 rings (SSSR count). The summed E-state index contributed by atoms with van der Waals surface area (Å²) in [5.41, 5.74) is 0.198. The Hall–Kier alpha value is -0.490. The van der Waals surface area contributed by atoms with Gasteiger partial charge in [-0.3, -0.25) is 4.98 Å². The largest absolute Gasteiger partial charge is 0.464 e. The first kappa shape index (κ1) is 12.6. The number of halogens is 3. The highest BCUT2D eigenvalue weighted by Crippen LogP contribution is 2.32. The number of aromatic nitrogens is 1. The van der Waals surface area contributed by atoms with E-state index in [2.05, 4.69) is 41.6 Å². The highest BCUT2D eigenvalue weighted by Gasteiger charge is 2.25. The molecule has 0 fully saturated rings. The Labute approximate surface area is 103 Å². The molecule has 0 aliphatic carbocycles. The van der Waals surface area contributed by atoms with Gasteiger partial charge in [-0.2, -0.15) is 0 Å². The number of hydrogen-bond donors (Lipinski definition) is 0. The normalized spacial score (nSPS) is 12.3. The number of alkyl halides is 1. The fourth-order valence-corrected chi connectivity index (χ4v) is 2.33. The zero-order valence-electron chi connectivity index (χ0n) is 7.84. The van der Waals surface area contributed by atoms with Gasteiger partial charge < -0.3 is 4.74 Å². The number of carbonyl (C=O) groups is 1. The smallest absolute Gasteiger partial charge is 0.345 e. The Kier molecular flexibility index (Phi) is 4.66. The van der Waals surface area contributed by atoms with Crippen molar-refractivity contribution in [3.63, 3.8) is 0 Å². The summed E-state index contributed by atoms with van der Waals surface area (Å²) in [6, 6.07) is 0. The third kappa shape index (κ3) is 2.98. The Morgan fingerprint density at radius 2 is 2.07 bits per heavy atom. The first-order valence-electron chi connectivity index (χ1n) is 4.17. The first-order valence-corrected chi connectivity index (χ1v) is 5.76. The molecule has 0 saturated carbocycles. The lowest BCUT2D eigenvalue weighted by Crippen LogP contribution is -2.13. The molecular weight excluding hydrogens is 333 g/mol. The third-order valence-electron chi connectivity index (χ3n) is 1.64. The summed E-state index contributed by atoms with van der Waals surface area (Å²) in [5, 5.41) is 0. The van der Waals surface area contributed by atoms with Crippen molar-refractivity contribution in [2.24, 2.45) is 0 Å². The Bertz CT molecular complexity index is 353. The molecule has 0 bridgehead atoms. The lowest BCUT2D eigenvalue weighted by molar-refractivity contribution is -0.149. The van der Waals surface area contributed by atoms with Crippen molar-refractivity contribution < 1.29 is 13.9 Å². The van der Waals surface area contributed by atoms with Crippen molar-refractivity contribution in [1.82, 2.24) is 4.98 Å². The fourth-order valence-electron chi connectivity index (χ4n) is 0.997. The van der Waals surface area contributed by atoms with E-state index in [4.69, 9.17) is 0 Å². The lowest BCUT2D eigenvalue weighted by Gasteiger charge is -2.10. The minimum atomic E-state index is -1.81. The minimum absolute atomic E-state index is 0.152. The van der Waals surface area contributed by atoms with Crippen LogP contribution in [0.3, 0.4) is 0 Å². The van der Waals surface area contributed by atoms with E-state index in [0.717, 1.165) is 0 Å². The van der Waals surface area contributed by atoms with E-state index >= 15 is 0 Å². The van der Waals surface area contributed by atoms with E-state index in [1.807, 2.05) is 0 Å². The van der Waals surface area contributed by atoms with E-state index in [9.17, 15) is 9.18 Å². The number of nitrogens with zero attached hydrogens (tertiary/aromatic N) is 1. The quantitative estimate of drug-likeness (QED) is 0.793. The summed E-state index contributed by atoms with van der Waals surface area (Å²) >= 11 is 6.25. The molecule has 0 N–H and O–H groups in total. The number of esters is 1. The number of pyridine rings is 1. The monoisotopic (exact) mass is 339 g/mol. The molecule has 0 spiro atoms. The van der Waals surface area contributed by atoms with Crippen LogP contribution < -0.4 is 0 Å². The predicted octanol–water partition coefficient (Wildman–Crippen LogP) is 3.18. The van der Waals surface area contributed by atoms with Gasteiger partial charge in [0.25, 0.3) is 0 Å². The highest BCUT2D eigenvalue weighted by atomic mass is 79.9. The Morgan fingerprint density at radius 1 is 1.53 bits per heavy atom. The summed E-state index contributed by atoms with van der Waals surface area (Å²) in [7, 11) is 0. The molecule has 0 radical (unpaired) electrons. The zero-order chi connectivity index (χ0) is 11.4. The molecule has 0 saturated heterocycles. The minimum Gasteiger partial charge on any atom is -0.464 e. The number of carbonyl (C=O) groups excluding carboxylic acids is 1. The van der Waals surface area contributed by atoms with E-state index in [-0.39, 0.29) is 12.2 Å². The summed E-state index contributed by atoms with van der Waals surface area (Å²) < 4.78 is 19.1. The summed E-state index contributed by atoms with van der Waals surface area (Å²) in [4.78, 5) is 15.0. The Balaban J connectivity index is 3.00. The van der Waals surface area contributed by atoms with Crippen LogP contribution in [0.1, 0.15) is 18.7 Å². The van der Waals surface area contributed by atoms with Gasteiger partial charge in [-0.25, -0.2) is 9.18 Å². The number of hydrogen-bond acceptors (Lipinski definition) is 3. The maximum Gasteiger partial charge on any atom is 0.345 e. The van der Waals surface area contributed by atoms with E-state index in [1.54, 1.807) is 6.92 Å². The second-order valence-electron chi connectivity index (χ2n) is 2.63. The molecule has 0 amide bonds. The molecule has 1 heterocycles. The average molecular weight is 341 g/mol. The van der Waals surface area contributed by atoms with Crippen LogP contribution in [0, 0.1) is 0 Å². The molecule has 3 nitrogen and oxygen atoms in total. The summed E-state index contributed by atoms with van der Waals surface area (Å²) in [6.07, 6.45) is 1.04. The maximum atomic E-state index is 13.7. The van der Waals surface area contributed by atoms with E-state index in [1.165, 1.54) is 12.4 Å². The van der Waals surface area contributed by atoms with Gasteiger partial charge in [-0.05, 0) is 38.8 Å². The van der Waals surface area contributed by atoms with Crippen LogP contribution in [0.15, 0.2) is 21.3 Å². The summed E-state index contributed by atoms with van der Waals surface area (Å²) in [6.45, 7) is 1.78. The number of rotatable bonds is 3. The van der Waals surface area contributed by atoms with Crippen LogP contribution in [0.4, 0.5) is 4.39 Å². The van der Waals surface area contributed by atoms with Crippen molar-refractivity contribution in [2.75, 3.05) is 6.61 Å². The van der Waals surface area contributed by atoms with Crippen molar-refractivity contribution in [2.45, 2.75) is 13.1 Å². The van der Waals surface area contributed by atoms with Gasteiger partial charge >= 0.3 is 5.97 Å². The standard InChI is InChI=1S/C9H8Br2FNO2/c1-2-15-9(14)8(12)7-5(10)3-13-4-6(7)11/h3-4,8H,2H2,1H3. The first-order chi connectivity index (χ1) is 7.07. The van der Waals surface area contributed by atoms with Crippen molar-refractivity contribution in [1.29, 1.82) is 0 Å². The number of ether oxygens (including phenoxy) is 1. The molecule has 15 heavy (non-hydrogen) atoms. The maximum absolute atomic E-state index is 13.7. The van der Waals surface area contributed by atoms with Gasteiger partial charge in [0.2, 0.25) is 6.17 Å². The van der Waals surface area contributed by atoms with E-state index < -0.39 is 12.1 Å². The van der Waals surface area contributed by atoms with Gasteiger partial charge in [0.1, 0.15) is 0 Å². The second kappa shape index (κ2) is 5.55. The molecule has 0 aliphatic heterocycles. The van der Waals surface area contributed by atoms with Crippen LogP contribution in [0.25, 0.3) is 0 Å². The highest BCUT2D eigenvalue weighted by molar-refractivity contribution is 9.11. The molecular formula is C9H8Br2FNO2. The van der Waals surface area contributed by atoms with Crippen molar-refractivity contribution in [3.8, 4) is 0 Å². The van der Waals surface area contributed by atoms with Gasteiger partial charge in [-0.15, -0.1) is 0 Å². The molecule has 82 valence electrons. The lowest BCUT2D eigenvalue weighted by atomic mass is 10.2. The second-order valence-corrected chi connectivity index (χ2v) is 4.34. The molecule has 1 unspecified atom stereocenters. The van der Waals surface area contributed by atoms with Gasteiger partial charge in [0.05, 0.1) is 6.61 Å². The zero-order valence-corrected chi connectivity index (χ0v) is 11.0. The third-order valence-corrected chi connectivity index (χ3v) is 2.90. The van der Waals surface area contributed by atoms with Gasteiger partial charge in [0.15, 0.2) is 0 Å². The van der Waals surface area contributed by atoms with Crippen LogP contribution in [0.2, 0.25) is 0 Å². The van der Waals surface area contributed by atoms with E-state index in [0.29, 0.717) is 8.95 Å². The topological polar surface area (TPSA) is 39.2 Å². The molecule has 1 atom stereocenters. The van der Waals surface area contributed by atoms with Crippen LogP contribution >= 0.6 is 31.9 Å². The average Bonchev–Trinajstić information content (AvgIpc) is 2.17. The van der Waals surface area contributed by atoms with Crippen LogP contribution in [-0.2, 0) is 9.53 Å². The molecule has 6 heteroatoms. The summed E-state index contributed by atoms with van der Waals surface area (Å²) in [5.74, 6) is -0.898. The molecule has 1 aromatic rings. The molecule has 0 aromatic carbocycles. The van der Waals surface area contributed by atoms with Crippen molar-refractivity contribution in [3.05, 3.63) is 26.9 Å². The fraction of sp³-hybridized carbons (Fsp3) is 0.333. The van der Waals surface area contributed by atoms with Crippen molar-refractivity contribution >= 4 is 37.8 Å². The Morgan fingerprint density at radius 3 is 2.53 bits per heavy atom. The van der Waals surface area contributed by atoms with Crippen LogP contribution in [0.5, 0.6) is 0 Å². The van der Waals surface area contributed by atoms with Gasteiger partial charge in [0, 0.05) is 26.9 Å².